The number of hydrogen-bond donors (Lipinski definition) is 1. The van der Waals surface area contributed by atoms with E-state index in [0.29, 0.717) is 19.0 Å². The van der Waals surface area contributed by atoms with Gasteiger partial charge in [0.15, 0.2) is 5.82 Å². The number of benzene rings is 1. The van der Waals surface area contributed by atoms with Crippen LogP contribution in [-0.2, 0) is 13.1 Å². The van der Waals surface area contributed by atoms with Gasteiger partial charge in [0.1, 0.15) is 5.69 Å². The minimum Gasteiger partial charge on any atom is -0.328 e. The molecule has 0 spiro atoms. The maximum Gasteiger partial charge on any atom is 0.272 e. The summed E-state index contributed by atoms with van der Waals surface area (Å²) in [4.78, 5) is 11.9. The summed E-state index contributed by atoms with van der Waals surface area (Å²) >= 11 is 0. The topological polar surface area (TPSA) is 119 Å². The number of nitro benzene ring substituents is 1. The maximum atomic E-state index is 14.1. The molecular weight excluding hydrogens is 307 g/mol. The van der Waals surface area contributed by atoms with Crippen LogP contribution >= 0.6 is 0 Å². The van der Waals surface area contributed by atoms with Crippen molar-refractivity contribution in [3.05, 3.63) is 51.6 Å². The molecule has 0 aliphatic carbocycles. The Morgan fingerprint density at radius 1 is 1.35 bits per heavy atom. The third-order valence-electron chi connectivity index (χ3n) is 3.58. The maximum absolute atomic E-state index is 14.1. The molecule has 0 atom stereocenters. The van der Waals surface area contributed by atoms with Crippen LogP contribution in [0.3, 0.4) is 0 Å². The second kappa shape index (κ2) is 4.83. The van der Waals surface area contributed by atoms with E-state index in [-0.39, 0.29) is 11.4 Å². The normalized spacial score (nSPS) is 13.3. The predicted molar refractivity (Wildman–Crippen MR) is 74.2 cm³/mol. The van der Waals surface area contributed by atoms with E-state index in [1.165, 1.54) is 16.8 Å². The Morgan fingerprint density at radius 2 is 2.22 bits per heavy atom. The number of nitrogens with one attached hydrogen (secondary N) is 1. The van der Waals surface area contributed by atoms with Gasteiger partial charge in [-0.2, -0.15) is 10.3 Å². The molecule has 1 N–H and O–H groups in total. The van der Waals surface area contributed by atoms with Crippen LogP contribution in [0.25, 0.3) is 5.69 Å². The van der Waals surface area contributed by atoms with Crippen LogP contribution in [0.5, 0.6) is 0 Å². The molecule has 11 heteroatoms. The molecular formula is C12H9FN8O2. The Morgan fingerprint density at radius 3 is 2.87 bits per heavy atom. The number of hydrogen-bond acceptors (Lipinski definition) is 7. The average molecular weight is 316 g/mol. The third-order valence-corrected chi connectivity index (χ3v) is 3.58. The van der Waals surface area contributed by atoms with E-state index >= 15 is 0 Å². The van der Waals surface area contributed by atoms with Crippen molar-refractivity contribution in [3.63, 3.8) is 0 Å². The molecule has 0 saturated heterocycles. The van der Waals surface area contributed by atoms with Crippen molar-refractivity contribution in [3.8, 4) is 5.69 Å². The Hall–Kier alpha value is -3.37. The molecule has 2 aromatic heterocycles. The Labute approximate surface area is 127 Å². The number of nitrogens with zero attached hydrogens (tertiary/aromatic N) is 7. The summed E-state index contributed by atoms with van der Waals surface area (Å²) in [6.45, 7) is 1.01. The average Bonchev–Trinajstić information content (AvgIpc) is 3.21. The standard InChI is InChI=1S/C12H9FN8O2/c13-9-3-8(21(22)23)1-2-11(9)20-5-7-4-19(6-10(7)16-20)12-14-17-18-15-12/h1-3,5H,4,6H2,(H,14,15,17,18). The van der Waals surface area contributed by atoms with Gasteiger partial charge in [-0.1, -0.05) is 5.10 Å². The number of aromatic nitrogens is 6. The van der Waals surface area contributed by atoms with Crippen molar-refractivity contribution in [2.24, 2.45) is 0 Å². The predicted octanol–water partition coefficient (Wildman–Crippen LogP) is 0.953. The van der Waals surface area contributed by atoms with Crippen LogP contribution in [-0.4, -0.2) is 35.3 Å². The Balaban J connectivity index is 1.62. The summed E-state index contributed by atoms with van der Waals surface area (Å²) < 4.78 is 15.4. The molecule has 1 aromatic carbocycles. The summed E-state index contributed by atoms with van der Waals surface area (Å²) in [6, 6.07) is 3.47. The molecule has 1 aliphatic heterocycles. The van der Waals surface area contributed by atoms with Gasteiger partial charge in [0.05, 0.1) is 23.2 Å². The number of aromatic amines is 1. The Kier molecular flexibility index (Phi) is 2.79. The van der Waals surface area contributed by atoms with E-state index in [1.807, 2.05) is 4.90 Å². The fourth-order valence-electron chi connectivity index (χ4n) is 2.50. The van der Waals surface area contributed by atoms with E-state index in [2.05, 4.69) is 25.7 Å². The van der Waals surface area contributed by atoms with E-state index in [4.69, 9.17) is 0 Å². The first kappa shape index (κ1) is 13.3. The first-order chi connectivity index (χ1) is 11.1. The Bertz CT molecular complexity index is 867. The SMILES string of the molecule is O=[N+]([O-])c1ccc(-n2cc3c(n2)CN(c2nn[nH]n2)C3)c(F)c1. The molecule has 0 bridgehead atoms. The van der Waals surface area contributed by atoms with Crippen LogP contribution in [0.1, 0.15) is 11.3 Å². The molecule has 0 radical (unpaired) electrons. The van der Waals surface area contributed by atoms with Gasteiger partial charge in [-0.3, -0.25) is 10.1 Å². The van der Waals surface area contributed by atoms with E-state index < -0.39 is 10.7 Å². The molecule has 23 heavy (non-hydrogen) atoms. The van der Waals surface area contributed by atoms with E-state index in [0.717, 1.165) is 17.3 Å². The van der Waals surface area contributed by atoms with Gasteiger partial charge in [0, 0.05) is 24.4 Å². The number of tetrazole rings is 1. The highest BCUT2D eigenvalue weighted by atomic mass is 19.1. The number of fused-ring (bicyclic) bond motifs is 1. The number of anilines is 1. The molecule has 0 unspecified atom stereocenters. The lowest BCUT2D eigenvalue weighted by molar-refractivity contribution is -0.385. The highest BCUT2D eigenvalue weighted by Crippen LogP contribution is 2.26. The summed E-state index contributed by atoms with van der Waals surface area (Å²) in [6.07, 6.45) is 1.69. The van der Waals surface area contributed by atoms with Gasteiger partial charge in [0.25, 0.3) is 11.6 Å². The minimum atomic E-state index is -0.699. The van der Waals surface area contributed by atoms with E-state index in [9.17, 15) is 14.5 Å². The summed E-state index contributed by atoms with van der Waals surface area (Å²) in [5, 5.41) is 28.7. The molecule has 3 aromatic rings. The zero-order valence-electron chi connectivity index (χ0n) is 11.5. The first-order valence-corrected chi connectivity index (χ1v) is 6.62. The third kappa shape index (κ3) is 2.18. The largest absolute Gasteiger partial charge is 0.328 e. The number of halogens is 1. The fourth-order valence-corrected chi connectivity index (χ4v) is 2.50. The minimum absolute atomic E-state index is 0.163. The summed E-state index contributed by atoms with van der Waals surface area (Å²) in [5.41, 5.74) is 1.55. The molecule has 3 heterocycles. The van der Waals surface area contributed by atoms with Crippen molar-refractivity contribution < 1.29 is 9.31 Å². The van der Waals surface area contributed by atoms with Gasteiger partial charge >= 0.3 is 0 Å². The van der Waals surface area contributed by atoms with Crippen LogP contribution in [0.2, 0.25) is 0 Å². The van der Waals surface area contributed by atoms with Crippen molar-refractivity contribution in [2.75, 3.05) is 4.90 Å². The molecule has 1 aliphatic rings. The number of non-ortho nitro benzene ring substituents is 1. The quantitative estimate of drug-likeness (QED) is 0.564. The lowest BCUT2D eigenvalue weighted by Gasteiger charge is -2.11. The van der Waals surface area contributed by atoms with Crippen molar-refractivity contribution in [1.29, 1.82) is 0 Å². The first-order valence-electron chi connectivity index (χ1n) is 6.62. The molecule has 0 saturated carbocycles. The van der Waals surface area contributed by atoms with Gasteiger partial charge in [-0.25, -0.2) is 9.07 Å². The van der Waals surface area contributed by atoms with Gasteiger partial charge in [-0.15, -0.1) is 5.10 Å². The van der Waals surface area contributed by atoms with Crippen LogP contribution in [0.15, 0.2) is 24.4 Å². The molecule has 10 nitrogen and oxygen atoms in total. The second-order valence-electron chi connectivity index (χ2n) is 5.01. The molecule has 0 fully saturated rings. The smallest absolute Gasteiger partial charge is 0.272 e. The van der Waals surface area contributed by atoms with Crippen LogP contribution in [0, 0.1) is 15.9 Å². The van der Waals surface area contributed by atoms with E-state index in [1.54, 1.807) is 6.20 Å². The van der Waals surface area contributed by atoms with Crippen molar-refractivity contribution in [1.82, 2.24) is 30.4 Å². The number of rotatable bonds is 3. The number of nitro groups is 1. The van der Waals surface area contributed by atoms with Gasteiger partial charge < -0.3 is 4.90 Å². The summed E-state index contributed by atoms with van der Waals surface area (Å²) in [7, 11) is 0. The second-order valence-corrected chi connectivity index (χ2v) is 5.01. The summed E-state index contributed by atoms with van der Waals surface area (Å²) in [5.74, 6) is -0.230. The fraction of sp³-hybridized carbons (Fsp3) is 0.167. The zero-order chi connectivity index (χ0) is 16.0. The van der Waals surface area contributed by atoms with Crippen molar-refractivity contribution >= 4 is 11.6 Å². The molecule has 0 amide bonds. The monoisotopic (exact) mass is 316 g/mol. The lowest BCUT2D eigenvalue weighted by Crippen LogP contribution is -2.17. The number of H-pyrrole nitrogens is 1. The van der Waals surface area contributed by atoms with Crippen LogP contribution in [0.4, 0.5) is 16.0 Å². The van der Waals surface area contributed by atoms with Gasteiger partial charge in [-0.05, 0) is 11.3 Å². The zero-order valence-corrected chi connectivity index (χ0v) is 11.5. The molecule has 116 valence electrons. The van der Waals surface area contributed by atoms with Crippen LogP contribution < -0.4 is 4.90 Å². The van der Waals surface area contributed by atoms with Gasteiger partial charge in [0.2, 0.25) is 0 Å². The highest BCUT2D eigenvalue weighted by molar-refractivity contribution is 5.44. The molecule has 4 rings (SSSR count). The van der Waals surface area contributed by atoms with Crippen molar-refractivity contribution in [2.45, 2.75) is 13.1 Å². The highest BCUT2D eigenvalue weighted by Gasteiger charge is 2.26. The lowest BCUT2D eigenvalue weighted by atomic mass is 10.2.